The number of ether oxygens (including phenoxy) is 2. The molecule has 0 unspecified atom stereocenters. The third kappa shape index (κ3) is 3.25. The van der Waals surface area contributed by atoms with Crippen molar-refractivity contribution in [2.24, 2.45) is 0 Å². The Labute approximate surface area is 114 Å². The number of methoxy groups -OCH3 is 1. The largest absolute Gasteiger partial charge is 0.491 e. The van der Waals surface area contributed by atoms with E-state index in [1.807, 2.05) is 24.3 Å². The number of nitrogens with one attached hydrogen (secondary N) is 1. The van der Waals surface area contributed by atoms with Crippen molar-refractivity contribution in [3.05, 3.63) is 29.8 Å². The summed E-state index contributed by atoms with van der Waals surface area (Å²) in [5, 5.41) is 12.8. The molecule has 1 aromatic rings. The zero-order valence-electron chi connectivity index (χ0n) is 11.3. The zero-order chi connectivity index (χ0) is 13.6. The monoisotopic (exact) mass is 260 g/mol. The maximum Gasteiger partial charge on any atom is 0.119 e. The molecule has 0 aromatic heterocycles. The van der Waals surface area contributed by atoms with Gasteiger partial charge < -0.3 is 14.8 Å². The van der Waals surface area contributed by atoms with Crippen molar-refractivity contribution < 1.29 is 9.47 Å². The standard InChI is InChI=1S/C15H20N2O2/c1-18-10-11-19-14-4-2-13(3-5-14)15(12-16)6-8-17-9-7-15/h2-5,17H,6-11H2,1H3. The molecule has 2 rings (SSSR count). The van der Waals surface area contributed by atoms with Crippen LogP contribution in [0.1, 0.15) is 18.4 Å². The third-order valence-corrected chi connectivity index (χ3v) is 3.63. The summed E-state index contributed by atoms with van der Waals surface area (Å²) in [6, 6.07) is 10.4. The fraction of sp³-hybridized carbons (Fsp3) is 0.533. The Kier molecular flexibility index (Phi) is 4.78. The first kappa shape index (κ1) is 13.9. The van der Waals surface area contributed by atoms with E-state index in [2.05, 4.69) is 11.4 Å². The van der Waals surface area contributed by atoms with Crippen molar-refractivity contribution in [1.82, 2.24) is 5.32 Å². The molecular formula is C15H20N2O2. The van der Waals surface area contributed by atoms with Crippen molar-refractivity contribution in [2.45, 2.75) is 18.3 Å². The number of hydrogen-bond donors (Lipinski definition) is 1. The molecule has 1 N–H and O–H groups in total. The van der Waals surface area contributed by atoms with Crippen LogP contribution in [0, 0.1) is 11.3 Å². The number of piperidine rings is 1. The fourth-order valence-corrected chi connectivity index (χ4v) is 2.43. The quantitative estimate of drug-likeness (QED) is 0.821. The van der Waals surface area contributed by atoms with E-state index in [0.29, 0.717) is 13.2 Å². The summed E-state index contributed by atoms with van der Waals surface area (Å²) in [6.45, 7) is 2.93. The van der Waals surface area contributed by atoms with Crippen molar-refractivity contribution in [1.29, 1.82) is 5.26 Å². The van der Waals surface area contributed by atoms with E-state index in [-0.39, 0.29) is 5.41 Å². The minimum absolute atomic E-state index is 0.337. The van der Waals surface area contributed by atoms with Crippen LogP contribution in [0.25, 0.3) is 0 Å². The average molecular weight is 260 g/mol. The number of nitrogens with zero attached hydrogens (tertiary/aromatic N) is 1. The Balaban J connectivity index is 2.06. The van der Waals surface area contributed by atoms with Crippen molar-refractivity contribution in [3.8, 4) is 11.8 Å². The minimum Gasteiger partial charge on any atom is -0.491 e. The van der Waals surface area contributed by atoms with Gasteiger partial charge in [0.15, 0.2) is 0 Å². The summed E-state index contributed by atoms with van der Waals surface area (Å²) < 4.78 is 10.5. The van der Waals surface area contributed by atoms with Crippen molar-refractivity contribution in [2.75, 3.05) is 33.4 Å². The molecule has 102 valence electrons. The second-order valence-electron chi connectivity index (χ2n) is 4.81. The molecule has 19 heavy (non-hydrogen) atoms. The van der Waals surface area contributed by atoms with Gasteiger partial charge in [0, 0.05) is 7.11 Å². The molecule has 0 atom stereocenters. The summed E-state index contributed by atoms with van der Waals surface area (Å²) >= 11 is 0. The first-order chi connectivity index (χ1) is 9.30. The highest BCUT2D eigenvalue weighted by atomic mass is 16.5. The zero-order valence-corrected chi connectivity index (χ0v) is 11.3. The second-order valence-corrected chi connectivity index (χ2v) is 4.81. The smallest absolute Gasteiger partial charge is 0.119 e. The minimum atomic E-state index is -0.337. The van der Waals surface area contributed by atoms with Gasteiger partial charge >= 0.3 is 0 Å². The van der Waals surface area contributed by atoms with Gasteiger partial charge in [-0.3, -0.25) is 0 Å². The lowest BCUT2D eigenvalue weighted by Crippen LogP contribution is -2.38. The highest BCUT2D eigenvalue weighted by molar-refractivity contribution is 5.37. The Hall–Kier alpha value is -1.57. The first-order valence-electron chi connectivity index (χ1n) is 6.65. The van der Waals surface area contributed by atoms with Gasteiger partial charge in [-0.2, -0.15) is 5.26 Å². The third-order valence-electron chi connectivity index (χ3n) is 3.63. The summed E-state index contributed by atoms with van der Waals surface area (Å²) in [5.41, 5.74) is 0.756. The van der Waals surface area contributed by atoms with Crippen molar-refractivity contribution >= 4 is 0 Å². The molecule has 0 radical (unpaired) electrons. The lowest BCUT2D eigenvalue weighted by atomic mass is 9.74. The molecule has 0 spiro atoms. The van der Waals surface area contributed by atoms with E-state index in [4.69, 9.17) is 9.47 Å². The average Bonchev–Trinajstić information content (AvgIpc) is 2.49. The summed E-state index contributed by atoms with van der Waals surface area (Å²) in [4.78, 5) is 0. The molecule has 1 fully saturated rings. The van der Waals surface area contributed by atoms with Crippen LogP contribution < -0.4 is 10.1 Å². The summed E-state index contributed by atoms with van der Waals surface area (Å²) in [7, 11) is 1.65. The Morgan fingerprint density at radius 1 is 1.21 bits per heavy atom. The molecule has 1 aliphatic rings. The molecule has 4 heteroatoms. The Bertz CT molecular complexity index is 430. The lowest BCUT2D eigenvalue weighted by Gasteiger charge is -2.31. The lowest BCUT2D eigenvalue weighted by molar-refractivity contribution is 0.146. The maximum absolute atomic E-state index is 9.51. The van der Waals surface area contributed by atoms with Gasteiger partial charge in [-0.1, -0.05) is 12.1 Å². The molecule has 0 aliphatic carbocycles. The van der Waals surface area contributed by atoms with Crippen LogP contribution in [-0.4, -0.2) is 33.4 Å². The predicted molar refractivity (Wildman–Crippen MR) is 73.2 cm³/mol. The van der Waals surface area contributed by atoms with Crippen LogP contribution in [-0.2, 0) is 10.2 Å². The molecule has 1 aromatic carbocycles. The molecule has 0 amide bonds. The molecule has 1 heterocycles. The van der Waals surface area contributed by atoms with Crippen molar-refractivity contribution in [3.63, 3.8) is 0 Å². The van der Waals surface area contributed by atoms with Gasteiger partial charge in [-0.25, -0.2) is 0 Å². The second kappa shape index (κ2) is 6.55. The van der Waals surface area contributed by atoms with E-state index < -0.39 is 0 Å². The topological polar surface area (TPSA) is 54.3 Å². The van der Waals surface area contributed by atoms with Gasteiger partial charge in [0.05, 0.1) is 18.1 Å². The van der Waals surface area contributed by atoms with Gasteiger partial charge in [-0.05, 0) is 43.6 Å². The van der Waals surface area contributed by atoms with Crippen LogP contribution >= 0.6 is 0 Å². The van der Waals surface area contributed by atoms with Crippen LogP contribution in [0.15, 0.2) is 24.3 Å². The SMILES string of the molecule is COCCOc1ccc(C2(C#N)CCNCC2)cc1. The normalized spacial score (nSPS) is 17.7. The summed E-state index contributed by atoms with van der Waals surface area (Å²) in [5.74, 6) is 0.822. The molecule has 1 aliphatic heterocycles. The maximum atomic E-state index is 9.51. The van der Waals surface area contributed by atoms with Crippen LogP contribution in [0.2, 0.25) is 0 Å². The van der Waals surface area contributed by atoms with Gasteiger partial charge in [0.25, 0.3) is 0 Å². The van der Waals surface area contributed by atoms with E-state index in [9.17, 15) is 5.26 Å². The Morgan fingerprint density at radius 3 is 2.47 bits per heavy atom. The highest BCUT2D eigenvalue weighted by Crippen LogP contribution is 2.33. The molecule has 1 saturated heterocycles. The van der Waals surface area contributed by atoms with Crippen LogP contribution in [0.3, 0.4) is 0 Å². The van der Waals surface area contributed by atoms with Crippen LogP contribution in [0.4, 0.5) is 0 Å². The van der Waals surface area contributed by atoms with E-state index in [1.165, 1.54) is 0 Å². The van der Waals surface area contributed by atoms with Gasteiger partial charge in [0.2, 0.25) is 0 Å². The fourth-order valence-electron chi connectivity index (χ4n) is 2.43. The molecule has 0 bridgehead atoms. The summed E-state index contributed by atoms with van der Waals surface area (Å²) in [6.07, 6.45) is 1.74. The molecule has 4 nitrogen and oxygen atoms in total. The van der Waals surface area contributed by atoms with Gasteiger partial charge in [-0.15, -0.1) is 0 Å². The Morgan fingerprint density at radius 2 is 1.89 bits per heavy atom. The molecular weight excluding hydrogens is 240 g/mol. The predicted octanol–water partition coefficient (Wildman–Crippen LogP) is 1.86. The first-order valence-corrected chi connectivity index (χ1v) is 6.65. The van der Waals surface area contributed by atoms with Gasteiger partial charge in [0.1, 0.15) is 12.4 Å². The van der Waals surface area contributed by atoms with E-state index in [1.54, 1.807) is 7.11 Å². The van der Waals surface area contributed by atoms with E-state index >= 15 is 0 Å². The van der Waals surface area contributed by atoms with Crippen LogP contribution in [0.5, 0.6) is 5.75 Å². The number of nitriles is 1. The van der Waals surface area contributed by atoms with E-state index in [0.717, 1.165) is 37.2 Å². The highest BCUT2D eigenvalue weighted by Gasteiger charge is 2.33. The number of benzene rings is 1. The number of rotatable bonds is 5. The number of hydrogen-bond acceptors (Lipinski definition) is 4. The molecule has 0 saturated carbocycles.